The van der Waals surface area contributed by atoms with Gasteiger partial charge in [0.2, 0.25) is 0 Å². The van der Waals surface area contributed by atoms with Crippen LogP contribution in [0.5, 0.6) is 0 Å². The van der Waals surface area contributed by atoms with E-state index in [0.29, 0.717) is 5.56 Å². The molecule has 0 heterocycles. The Bertz CT molecular complexity index is 481. The Morgan fingerprint density at radius 3 is 1.78 bits per heavy atom. The van der Waals surface area contributed by atoms with Gasteiger partial charge in [-0.3, -0.25) is 0 Å². The molecule has 0 aliphatic heterocycles. The maximum absolute atomic E-state index is 13.1. The summed E-state index contributed by atoms with van der Waals surface area (Å²) >= 11 is 0. The van der Waals surface area contributed by atoms with Crippen LogP contribution in [0.3, 0.4) is 0 Å². The van der Waals surface area contributed by atoms with E-state index in [4.69, 9.17) is 0 Å². The monoisotopic (exact) mass is 248 g/mol. The molecule has 2 heteroatoms. The van der Waals surface area contributed by atoms with Crippen LogP contribution >= 0.6 is 0 Å². The molecule has 0 nitrogen and oxygen atoms in total. The van der Waals surface area contributed by atoms with Gasteiger partial charge in [-0.25, -0.2) is 8.78 Å². The zero-order valence-corrected chi connectivity index (χ0v) is 11.2. The van der Waals surface area contributed by atoms with Gasteiger partial charge < -0.3 is 0 Å². The third-order valence-corrected chi connectivity index (χ3v) is 2.76. The van der Waals surface area contributed by atoms with Crippen molar-refractivity contribution in [3.8, 4) is 11.1 Å². The van der Waals surface area contributed by atoms with Crippen molar-refractivity contribution in [2.75, 3.05) is 0 Å². The molecule has 0 aromatic heterocycles. The molecule has 96 valence electrons. The molecule has 0 unspecified atom stereocenters. The Balaban J connectivity index is 0.000000771. The largest absolute Gasteiger partial charge is 0.204 e. The molecule has 0 aliphatic rings. The summed E-state index contributed by atoms with van der Waals surface area (Å²) in [6.45, 7) is 8.02. The van der Waals surface area contributed by atoms with E-state index in [9.17, 15) is 8.78 Å². The van der Waals surface area contributed by atoms with Crippen LogP contribution < -0.4 is 0 Å². The summed E-state index contributed by atoms with van der Waals surface area (Å²) in [4.78, 5) is 0. The highest BCUT2D eigenvalue weighted by Gasteiger charge is 2.05. The summed E-state index contributed by atoms with van der Waals surface area (Å²) in [5.41, 5.74) is 3.93. The average Bonchev–Trinajstić information content (AvgIpc) is 2.38. The Morgan fingerprint density at radius 1 is 0.667 bits per heavy atom. The van der Waals surface area contributed by atoms with Gasteiger partial charge in [0.15, 0.2) is 11.6 Å². The van der Waals surface area contributed by atoms with E-state index in [-0.39, 0.29) is 0 Å². The number of hydrogen-bond donors (Lipinski definition) is 0. The van der Waals surface area contributed by atoms with Gasteiger partial charge in [-0.1, -0.05) is 38.1 Å². The van der Waals surface area contributed by atoms with Crippen LogP contribution in [0.15, 0.2) is 36.4 Å². The van der Waals surface area contributed by atoms with Gasteiger partial charge in [0, 0.05) is 0 Å². The minimum absolute atomic E-state index is 0.696. The number of aryl methyl sites for hydroxylation is 2. The Hall–Kier alpha value is -1.70. The van der Waals surface area contributed by atoms with Crippen LogP contribution in [0.2, 0.25) is 0 Å². The van der Waals surface area contributed by atoms with Crippen LogP contribution in [0.1, 0.15) is 25.0 Å². The predicted octanol–water partition coefficient (Wildman–Crippen LogP) is 5.27. The summed E-state index contributed by atoms with van der Waals surface area (Å²) in [6, 6.07) is 9.82. The van der Waals surface area contributed by atoms with E-state index in [1.165, 1.54) is 11.6 Å². The molecule has 0 saturated heterocycles. The molecular formula is C16H18F2. The van der Waals surface area contributed by atoms with Gasteiger partial charge in [-0.2, -0.15) is 0 Å². The first-order valence-electron chi connectivity index (χ1n) is 6.10. The lowest BCUT2D eigenvalue weighted by Gasteiger charge is -2.05. The molecule has 2 aromatic carbocycles. The highest BCUT2D eigenvalue weighted by molar-refractivity contribution is 5.64. The molecule has 0 saturated carbocycles. The van der Waals surface area contributed by atoms with Crippen molar-refractivity contribution >= 4 is 0 Å². The molecule has 0 spiro atoms. The molecule has 0 amide bonds. The second-order valence-corrected chi connectivity index (χ2v) is 3.93. The number of hydrogen-bond acceptors (Lipinski definition) is 0. The van der Waals surface area contributed by atoms with E-state index >= 15 is 0 Å². The van der Waals surface area contributed by atoms with Crippen molar-refractivity contribution < 1.29 is 8.78 Å². The average molecular weight is 248 g/mol. The predicted molar refractivity (Wildman–Crippen MR) is 72.6 cm³/mol. The highest BCUT2D eigenvalue weighted by Crippen LogP contribution is 2.23. The molecule has 2 aromatic rings. The SMILES string of the molecule is CC.Cc1ccc(-c2ccc(F)c(F)c2)cc1C. The van der Waals surface area contributed by atoms with Gasteiger partial charge in [-0.15, -0.1) is 0 Å². The summed E-state index contributed by atoms with van der Waals surface area (Å²) in [5.74, 6) is -1.62. The quantitative estimate of drug-likeness (QED) is 0.644. The minimum Gasteiger partial charge on any atom is -0.204 e. The van der Waals surface area contributed by atoms with Gasteiger partial charge in [0.05, 0.1) is 0 Å². The van der Waals surface area contributed by atoms with E-state index in [1.54, 1.807) is 6.07 Å². The van der Waals surface area contributed by atoms with Crippen molar-refractivity contribution in [2.24, 2.45) is 0 Å². The summed E-state index contributed by atoms with van der Waals surface area (Å²) in [6.07, 6.45) is 0. The van der Waals surface area contributed by atoms with Crippen molar-refractivity contribution in [1.29, 1.82) is 0 Å². The molecular weight excluding hydrogens is 230 g/mol. The first-order chi connectivity index (χ1) is 8.58. The van der Waals surface area contributed by atoms with Crippen molar-refractivity contribution in [3.05, 3.63) is 59.2 Å². The number of benzene rings is 2. The number of halogens is 2. The maximum Gasteiger partial charge on any atom is 0.159 e. The van der Waals surface area contributed by atoms with E-state index in [2.05, 4.69) is 0 Å². The fourth-order valence-corrected chi connectivity index (χ4v) is 1.60. The smallest absolute Gasteiger partial charge is 0.159 e. The first-order valence-corrected chi connectivity index (χ1v) is 6.10. The second kappa shape index (κ2) is 6.29. The van der Waals surface area contributed by atoms with Gasteiger partial charge in [0.1, 0.15) is 0 Å². The normalized spacial score (nSPS) is 9.67. The standard InChI is InChI=1S/C14H12F2.C2H6/c1-9-3-4-11(7-10(9)2)12-5-6-13(15)14(16)8-12;1-2/h3-8H,1-2H3;1-2H3. The van der Waals surface area contributed by atoms with Crippen LogP contribution in [0, 0.1) is 25.5 Å². The summed E-state index contributed by atoms with van der Waals surface area (Å²) in [5, 5.41) is 0. The van der Waals surface area contributed by atoms with Gasteiger partial charge >= 0.3 is 0 Å². The molecule has 0 fully saturated rings. The Kier molecular flexibility index (Phi) is 5.02. The van der Waals surface area contributed by atoms with Crippen molar-refractivity contribution in [1.82, 2.24) is 0 Å². The van der Waals surface area contributed by atoms with Crippen molar-refractivity contribution in [3.63, 3.8) is 0 Å². The zero-order valence-electron chi connectivity index (χ0n) is 11.2. The lowest BCUT2D eigenvalue weighted by Crippen LogP contribution is -1.87. The molecule has 18 heavy (non-hydrogen) atoms. The highest BCUT2D eigenvalue weighted by atomic mass is 19.2. The van der Waals surface area contributed by atoms with Gasteiger partial charge in [0.25, 0.3) is 0 Å². The topological polar surface area (TPSA) is 0 Å². The van der Waals surface area contributed by atoms with E-state index < -0.39 is 11.6 Å². The molecule has 0 aliphatic carbocycles. The minimum atomic E-state index is -0.812. The van der Waals surface area contributed by atoms with Crippen LogP contribution in [-0.4, -0.2) is 0 Å². The fraction of sp³-hybridized carbons (Fsp3) is 0.250. The van der Waals surface area contributed by atoms with Gasteiger partial charge in [-0.05, 0) is 48.2 Å². The second-order valence-electron chi connectivity index (χ2n) is 3.93. The van der Waals surface area contributed by atoms with Crippen molar-refractivity contribution in [2.45, 2.75) is 27.7 Å². The summed E-state index contributed by atoms with van der Waals surface area (Å²) in [7, 11) is 0. The molecule has 0 N–H and O–H groups in total. The van der Waals surface area contributed by atoms with Crippen LogP contribution in [0.4, 0.5) is 8.78 Å². The Labute approximate surface area is 107 Å². The molecule has 0 atom stereocenters. The zero-order chi connectivity index (χ0) is 13.7. The fourth-order valence-electron chi connectivity index (χ4n) is 1.60. The summed E-state index contributed by atoms with van der Waals surface area (Å²) < 4.78 is 25.9. The lowest BCUT2D eigenvalue weighted by molar-refractivity contribution is 0.509. The third-order valence-electron chi connectivity index (χ3n) is 2.76. The van der Waals surface area contributed by atoms with Crippen LogP contribution in [-0.2, 0) is 0 Å². The van der Waals surface area contributed by atoms with E-state index in [1.807, 2.05) is 45.9 Å². The molecule has 2 rings (SSSR count). The number of rotatable bonds is 1. The first kappa shape index (κ1) is 14.4. The van der Waals surface area contributed by atoms with E-state index in [0.717, 1.165) is 17.2 Å². The Morgan fingerprint density at radius 2 is 1.22 bits per heavy atom. The van der Waals surface area contributed by atoms with Crippen LogP contribution in [0.25, 0.3) is 11.1 Å². The third kappa shape index (κ3) is 3.16. The maximum atomic E-state index is 13.1. The molecule has 0 bridgehead atoms. The molecule has 0 radical (unpaired) electrons. The lowest BCUT2D eigenvalue weighted by atomic mass is 10.0.